The Bertz CT molecular complexity index is 326. The number of hydrogen-bond acceptors (Lipinski definition) is 4. The quantitative estimate of drug-likeness (QED) is 0.688. The van der Waals surface area contributed by atoms with Crippen LogP contribution in [0.2, 0.25) is 0 Å². The molecule has 102 valence electrons. The van der Waals surface area contributed by atoms with Crippen molar-refractivity contribution in [2.24, 2.45) is 0 Å². The summed E-state index contributed by atoms with van der Waals surface area (Å²) in [5, 5.41) is 18.3. The summed E-state index contributed by atoms with van der Waals surface area (Å²) in [6, 6.07) is 7.75. The standard InChI is InChI=1S/C14H23NO3/c1-15(9-3-4-10-16)14(11-17)12-5-7-13(18-2)8-6-12/h5-8,14,16-17H,3-4,9-11H2,1-2H3. The second kappa shape index (κ2) is 8.08. The van der Waals surface area contributed by atoms with Gasteiger partial charge in [-0.2, -0.15) is 0 Å². The van der Waals surface area contributed by atoms with Crippen LogP contribution in [-0.4, -0.2) is 49.0 Å². The van der Waals surface area contributed by atoms with Crippen LogP contribution in [0.3, 0.4) is 0 Å². The Hall–Kier alpha value is -1.10. The van der Waals surface area contributed by atoms with E-state index in [9.17, 15) is 5.11 Å². The van der Waals surface area contributed by atoms with Crippen molar-refractivity contribution in [3.05, 3.63) is 29.8 Å². The van der Waals surface area contributed by atoms with Gasteiger partial charge in [0.05, 0.1) is 19.8 Å². The molecule has 1 aromatic carbocycles. The molecular formula is C14H23NO3. The highest BCUT2D eigenvalue weighted by Crippen LogP contribution is 2.21. The van der Waals surface area contributed by atoms with Gasteiger partial charge in [-0.25, -0.2) is 0 Å². The van der Waals surface area contributed by atoms with Crippen LogP contribution in [0, 0.1) is 0 Å². The molecule has 0 aliphatic rings. The van der Waals surface area contributed by atoms with Crippen molar-refractivity contribution in [2.75, 3.05) is 33.9 Å². The van der Waals surface area contributed by atoms with E-state index in [1.54, 1.807) is 7.11 Å². The summed E-state index contributed by atoms with van der Waals surface area (Å²) in [6.45, 7) is 1.17. The maximum Gasteiger partial charge on any atom is 0.118 e. The summed E-state index contributed by atoms with van der Waals surface area (Å²) in [5.74, 6) is 0.818. The van der Waals surface area contributed by atoms with Crippen LogP contribution in [0.4, 0.5) is 0 Å². The molecule has 4 heteroatoms. The van der Waals surface area contributed by atoms with Crippen molar-refractivity contribution in [3.8, 4) is 5.75 Å². The van der Waals surface area contributed by atoms with E-state index in [-0.39, 0.29) is 19.3 Å². The van der Waals surface area contributed by atoms with Gasteiger partial charge in [-0.3, -0.25) is 4.90 Å². The molecule has 0 spiro atoms. The molecule has 0 fully saturated rings. The van der Waals surface area contributed by atoms with Gasteiger partial charge >= 0.3 is 0 Å². The molecule has 4 nitrogen and oxygen atoms in total. The summed E-state index contributed by atoms with van der Waals surface area (Å²) < 4.78 is 5.12. The van der Waals surface area contributed by atoms with Crippen molar-refractivity contribution in [1.82, 2.24) is 4.90 Å². The molecule has 0 aromatic heterocycles. The fraction of sp³-hybridized carbons (Fsp3) is 0.571. The molecule has 0 saturated heterocycles. The van der Waals surface area contributed by atoms with E-state index in [1.807, 2.05) is 31.3 Å². The third kappa shape index (κ3) is 4.29. The maximum atomic E-state index is 9.51. The number of likely N-dealkylation sites (N-methyl/N-ethyl adjacent to an activating group) is 1. The van der Waals surface area contributed by atoms with Crippen molar-refractivity contribution in [2.45, 2.75) is 18.9 Å². The summed E-state index contributed by atoms with van der Waals surface area (Å²) in [7, 11) is 3.63. The number of benzene rings is 1. The van der Waals surface area contributed by atoms with Gasteiger partial charge in [0, 0.05) is 6.61 Å². The molecule has 18 heavy (non-hydrogen) atoms. The van der Waals surface area contributed by atoms with Gasteiger partial charge in [0.25, 0.3) is 0 Å². The Morgan fingerprint density at radius 1 is 1.17 bits per heavy atom. The van der Waals surface area contributed by atoms with Crippen LogP contribution in [0.25, 0.3) is 0 Å². The Kier molecular flexibility index (Phi) is 6.72. The second-order valence-corrected chi connectivity index (χ2v) is 4.38. The van der Waals surface area contributed by atoms with Crippen LogP contribution >= 0.6 is 0 Å². The lowest BCUT2D eigenvalue weighted by molar-refractivity contribution is 0.143. The first-order valence-corrected chi connectivity index (χ1v) is 6.28. The first-order chi connectivity index (χ1) is 8.72. The van der Waals surface area contributed by atoms with Gasteiger partial charge in [-0.1, -0.05) is 12.1 Å². The summed E-state index contributed by atoms with van der Waals surface area (Å²) in [6.07, 6.45) is 1.73. The zero-order valence-electron chi connectivity index (χ0n) is 11.2. The topological polar surface area (TPSA) is 52.9 Å². The normalized spacial score (nSPS) is 12.7. The lowest BCUT2D eigenvalue weighted by Gasteiger charge is -2.26. The fourth-order valence-corrected chi connectivity index (χ4v) is 1.95. The maximum absolute atomic E-state index is 9.51. The Morgan fingerprint density at radius 2 is 1.83 bits per heavy atom. The zero-order chi connectivity index (χ0) is 13.4. The van der Waals surface area contributed by atoms with Crippen molar-refractivity contribution in [1.29, 1.82) is 0 Å². The number of rotatable bonds is 8. The van der Waals surface area contributed by atoms with Crippen LogP contribution < -0.4 is 4.74 Å². The van der Waals surface area contributed by atoms with Crippen LogP contribution in [0.5, 0.6) is 5.75 Å². The van der Waals surface area contributed by atoms with E-state index in [1.165, 1.54) is 0 Å². The minimum absolute atomic E-state index is 0.00500. The molecule has 1 unspecified atom stereocenters. The number of aliphatic hydroxyl groups is 2. The van der Waals surface area contributed by atoms with Crippen LogP contribution in [0.1, 0.15) is 24.4 Å². The third-order valence-electron chi connectivity index (χ3n) is 3.12. The molecule has 1 rings (SSSR count). The number of ether oxygens (including phenoxy) is 1. The summed E-state index contributed by atoms with van der Waals surface area (Å²) in [5.41, 5.74) is 1.07. The smallest absolute Gasteiger partial charge is 0.118 e. The minimum Gasteiger partial charge on any atom is -0.497 e. The molecule has 0 bridgehead atoms. The predicted octanol–water partition coefficient (Wildman–Crippen LogP) is 1.43. The number of methoxy groups -OCH3 is 1. The highest BCUT2D eigenvalue weighted by atomic mass is 16.5. The molecule has 0 aliphatic carbocycles. The van der Waals surface area contributed by atoms with E-state index in [0.717, 1.165) is 30.7 Å². The van der Waals surface area contributed by atoms with Crippen LogP contribution in [0.15, 0.2) is 24.3 Å². The molecule has 2 N–H and O–H groups in total. The number of aliphatic hydroxyl groups excluding tert-OH is 2. The molecule has 1 aromatic rings. The number of unbranched alkanes of at least 4 members (excludes halogenated alkanes) is 1. The minimum atomic E-state index is -0.00500. The van der Waals surface area contributed by atoms with E-state index >= 15 is 0 Å². The Labute approximate surface area is 109 Å². The molecule has 1 atom stereocenters. The third-order valence-corrected chi connectivity index (χ3v) is 3.12. The number of hydrogen-bond donors (Lipinski definition) is 2. The predicted molar refractivity (Wildman–Crippen MR) is 71.8 cm³/mol. The van der Waals surface area contributed by atoms with E-state index in [2.05, 4.69) is 4.90 Å². The highest BCUT2D eigenvalue weighted by molar-refractivity contribution is 5.29. The molecule has 0 aliphatic heterocycles. The lowest BCUT2D eigenvalue weighted by atomic mass is 10.1. The van der Waals surface area contributed by atoms with Gasteiger partial charge in [0.2, 0.25) is 0 Å². The van der Waals surface area contributed by atoms with Crippen molar-refractivity contribution >= 4 is 0 Å². The van der Waals surface area contributed by atoms with E-state index in [0.29, 0.717) is 0 Å². The lowest BCUT2D eigenvalue weighted by Crippen LogP contribution is -2.28. The van der Waals surface area contributed by atoms with Gasteiger partial charge in [-0.05, 0) is 44.1 Å². The van der Waals surface area contributed by atoms with Gasteiger partial charge in [-0.15, -0.1) is 0 Å². The van der Waals surface area contributed by atoms with E-state index in [4.69, 9.17) is 9.84 Å². The molecule has 0 amide bonds. The van der Waals surface area contributed by atoms with Gasteiger partial charge in [0.15, 0.2) is 0 Å². The zero-order valence-corrected chi connectivity index (χ0v) is 11.2. The average molecular weight is 253 g/mol. The first-order valence-electron chi connectivity index (χ1n) is 6.28. The highest BCUT2D eigenvalue weighted by Gasteiger charge is 2.15. The van der Waals surface area contributed by atoms with Gasteiger partial charge in [0.1, 0.15) is 5.75 Å². The fourth-order valence-electron chi connectivity index (χ4n) is 1.95. The summed E-state index contributed by atoms with van der Waals surface area (Å²) >= 11 is 0. The summed E-state index contributed by atoms with van der Waals surface area (Å²) in [4.78, 5) is 2.11. The SMILES string of the molecule is COc1ccc(C(CO)N(C)CCCCO)cc1. The average Bonchev–Trinajstić information content (AvgIpc) is 2.41. The Morgan fingerprint density at radius 3 is 2.33 bits per heavy atom. The second-order valence-electron chi connectivity index (χ2n) is 4.38. The number of nitrogens with zero attached hydrogens (tertiary/aromatic N) is 1. The largest absolute Gasteiger partial charge is 0.497 e. The molecular weight excluding hydrogens is 230 g/mol. The van der Waals surface area contributed by atoms with Crippen LogP contribution in [-0.2, 0) is 0 Å². The molecule has 0 radical (unpaired) electrons. The van der Waals surface area contributed by atoms with E-state index < -0.39 is 0 Å². The molecule has 0 heterocycles. The monoisotopic (exact) mass is 253 g/mol. The van der Waals surface area contributed by atoms with Crippen molar-refractivity contribution < 1.29 is 14.9 Å². The molecule has 0 saturated carbocycles. The first kappa shape index (κ1) is 15.0. The Balaban J connectivity index is 2.62. The van der Waals surface area contributed by atoms with Gasteiger partial charge < -0.3 is 14.9 Å². The van der Waals surface area contributed by atoms with Crippen molar-refractivity contribution in [3.63, 3.8) is 0 Å².